The molecule has 5 heteroatoms. The van der Waals surface area contributed by atoms with E-state index < -0.39 is 5.41 Å². The topological polar surface area (TPSA) is 52.7 Å². The predicted octanol–water partition coefficient (Wildman–Crippen LogP) is 4.13. The molecule has 0 unspecified atom stereocenters. The van der Waals surface area contributed by atoms with Gasteiger partial charge in [0.05, 0.1) is 0 Å². The number of anilines is 2. The molecular formula is C21H35N3O2. The molecule has 2 amide bonds. The highest BCUT2D eigenvalue weighted by molar-refractivity contribution is 5.91. The summed E-state index contributed by atoms with van der Waals surface area (Å²) in [5, 5.41) is 2.91. The largest absolute Gasteiger partial charge is 0.377 e. The molecule has 0 aliphatic heterocycles. The summed E-state index contributed by atoms with van der Waals surface area (Å²) in [5.74, 6) is 0.504. The minimum Gasteiger partial charge on any atom is -0.377 e. The van der Waals surface area contributed by atoms with E-state index in [-0.39, 0.29) is 11.8 Å². The second kappa shape index (κ2) is 9.06. The Labute approximate surface area is 158 Å². The molecule has 1 aromatic rings. The summed E-state index contributed by atoms with van der Waals surface area (Å²) in [6.07, 6.45) is 0.437. The minimum atomic E-state index is -0.429. The Hall–Kier alpha value is -2.04. The lowest BCUT2D eigenvalue weighted by Crippen LogP contribution is -2.41. The van der Waals surface area contributed by atoms with Crippen LogP contribution < -0.4 is 10.2 Å². The number of hydrogen-bond donors (Lipinski definition) is 1. The van der Waals surface area contributed by atoms with Crippen LogP contribution in [0.3, 0.4) is 0 Å². The molecule has 1 rings (SSSR count). The van der Waals surface area contributed by atoms with Gasteiger partial charge in [-0.3, -0.25) is 9.59 Å². The van der Waals surface area contributed by atoms with Crippen molar-refractivity contribution >= 4 is 23.2 Å². The fourth-order valence-corrected chi connectivity index (χ4v) is 2.82. The molecule has 5 nitrogen and oxygen atoms in total. The van der Waals surface area contributed by atoms with E-state index in [1.165, 1.54) is 0 Å². The van der Waals surface area contributed by atoms with Gasteiger partial charge in [-0.25, -0.2) is 0 Å². The molecule has 0 aromatic heterocycles. The van der Waals surface area contributed by atoms with Gasteiger partial charge in [-0.05, 0) is 29.7 Å². The number of rotatable bonds is 7. The Bertz CT molecular complexity index is 631. The van der Waals surface area contributed by atoms with Crippen LogP contribution in [0.2, 0.25) is 0 Å². The van der Waals surface area contributed by atoms with Gasteiger partial charge in [0.1, 0.15) is 0 Å². The monoisotopic (exact) mass is 361 g/mol. The Kier molecular flexibility index (Phi) is 7.67. The van der Waals surface area contributed by atoms with Crippen molar-refractivity contribution in [1.82, 2.24) is 4.90 Å². The minimum absolute atomic E-state index is 0.0154. The van der Waals surface area contributed by atoms with E-state index in [4.69, 9.17) is 0 Å². The smallest absolute Gasteiger partial charge is 0.228 e. The Balaban J connectivity index is 3.23. The summed E-state index contributed by atoms with van der Waals surface area (Å²) < 4.78 is 0. The number of benzene rings is 1. The lowest BCUT2D eigenvalue weighted by atomic mass is 9.93. The van der Waals surface area contributed by atoms with Gasteiger partial charge in [-0.15, -0.1) is 0 Å². The SMILES string of the molecule is CCC(=O)Nc1ccc(N(C)C)c(CN(CC(C)C)C(=O)C(C)(C)C)c1. The maximum Gasteiger partial charge on any atom is 0.228 e. The first-order valence-electron chi connectivity index (χ1n) is 9.35. The lowest BCUT2D eigenvalue weighted by molar-refractivity contribution is -0.140. The first kappa shape index (κ1) is 22.0. The Morgan fingerprint density at radius 1 is 1.15 bits per heavy atom. The van der Waals surface area contributed by atoms with Crippen LogP contribution in [0.25, 0.3) is 0 Å². The quantitative estimate of drug-likeness (QED) is 0.794. The highest BCUT2D eigenvalue weighted by atomic mass is 16.2. The third-order valence-electron chi connectivity index (χ3n) is 4.04. The number of amides is 2. The Morgan fingerprint density at radius 2 is 1.77 bits per heavy atom. The molecule has 0 heterocycles. The van der Waals surface area contributed by atoms with Gasteiger partial charge in [0.15, 0.2) is 0 Å². The third-order valence-corrected chi connectivity index (χ3v) is 4.04. The average molecular weight is 362 g/mol. The lowest BCUT2D eigenvalue weighted by Gasteiger charge is -2.32. The molecule has 0 fully saturated rings. The van der Waals surface area contributed by atoms with E-state index >= 15 is 0 Å². The molecular weight excluding hydrogens is 326 g/mol. The molecule has 0 saturated carbocycles. The maximum absolute atomic E-state index is 12.9. The van der Waals surface area contributed by atoms with Gasteiger partial charge in [-0.2, -0.15) is 0 Å². The molecule has 1 aromatic carbocycles. The highest BCUT2D eigenvalue weighted by Crippen LogP contribution is 2.27. The zero-order chi connectivity index (χ0) is 20.1. The van der Waals surface area contributed by atoms with Crippen LogP contribution in [0.4, 0.5) is 11.4 Å². The third kappa shape index (κ3) is 6.36. The number of hydrogen-bond acceptors (Lipinski definition) is 3. The molecule has 0 radical (unpaired) electrons. The van der Waals surface area contributed by atoms with Crippen LogP contribution in [-0.4, -0.2) is 37.4 Å². The first-order chi connectivity index (χ1) is 12.0. The fraction of sp³-hybridized carbons (Fsp3) is 0.619. The summed E-state index contributed by atoms with van der Waals surface area (Å²) in [7, 11) is 3.98. The fourth-order valence-electron chi connectivity index (χ4n) is 2.82. The van der Waals surface area contributed by atoms with Crippen molar-refractivity contribution in [3.63, 3.8) is 0 Å². The van der Waals surface area contributed by atoms with Gasteiger partial charge >= 0.3 is 0 Å². The normalized spacial score (nSPS) is 11.4. The van der Waals surface area contributed by atoms with Crippen LogP contribution in [0.5, 0.6) is 0 Å². The first-order valence-corrected chi connectivity index (χ1v) is 9.35. The van der Waals surface area contributed by atoms with Crippen LogP contribution in [0.1, 0.15) is 53.5 Å². The van der Waals surface area contributed by atoms with Crippen molar-refractivity contribution in [2.24, 2.45) is 11.3 Å². The van der Waals surface area contributed by atoms with E-state index in [9.17, 15) is 9.59 Å². The van der Waals surface area contributed by atoms with Gasteiger partial charge < -0.3 is 15.1 Å². The Morgan fingerprint density at radius 3 is 2.23 bits per heavy atom. The molecule has 0 saturated heterocycles. The van der Waals surface area contributed by atoms with Crippen molar-refractivity contribution in [2.75, 3.05) is 30.9 Å². The van der Waals surface area contributed by atoms with E-state index in [1.54, 1.807) is 0 Å². The molecule has 26 heavy (non-hydrogen) atoms. The summed E-state index contributed by atoms with van der Waals surface area (Å²) in [4.78, 5) is 28.6. The summed E-state index contributed by atoms with van der Waals surface area (Å²) >= 11 is 0. The number of nitrogens with one attached hydrogen (secondary N) is 1. The average Bonchev–Trinajstić information content (AvgIpc) is 2.52. The van der Waals surface area contributed by atoms with E-state index in [0.717, 1.165) is 16.9 Å². The van der Waals surface area contributed by atoms with Crippen molar-refractivity contribution in [3.05, 3.63) is 23.8 Å². The number of carbonyl (C=O) groups excluding carboxylic acids is 2. The molecule has 1 N–H and O–H groups in total. The number of nitrogens with zero attached hydrogens (tertiary/aromatic N) is 2. The van der Waals surface area contributed by atoms with Gasteiger partial charge in [0.2, 0.25) is 11.8 Å². The highest BCUT2D eigenvalue weighted by Gasteiger charge is 2.28. The maximum atomic E-state index is 12.9. The molecule has 0 spiro atoms. The summed E-state index contributed by atoms with van der Waals surface area (Å²) in [6, 6.07) is 5.88. The van der Waals surface area contributed by atoms with Gasteiger partial charge in [-0.1, -0.05) is 41.5 Å². The zero-order valence-electron chi connectivity index (χ0n) is 17.6. The molecule has 0 bridgehead atoms. The molecule has 0 aliphatic carbocycles. The molecule has 0 atom stereocenters. The molecule has 0 aliphatic rings. The van der Waals surface area contributed by atoms with E-state index in [1.807, 2.05) is 69.8 Å². The van der Waals surface area contributed by atoms with Crippen LogP contribution in [0.15, 0.2) is 18.2 Å². The van der Waals surface area contributed by atoms with Crippen molar-refractivity contribution in [1.29, 1.82) is 0 Å². The van der Waals surface area contributed by atoms with Gasteiger partial charge in [0, 0.05) is 50.4 Å². The summed E-state index contributed by atoms with van der Waals surface area (Å²) in [5.41, 5.74) is 2.42. The standard InChI is InChI=1S/C21H35N3O2/c1-9-19(25)22-17-10-11-18(23(7)8)16(12-17)14-24(13-15(2)3)20(26)21(4,5)6/h10-12,15H,9,13-14H2,1-8H3,(H,22,25). The van der Waals surface area contributed by atoms with Crippen LogP contribution in [-0.2, 0) is 16.1 Å². The van der Waals surface area contributed by atoms with Crippen molar-refractivity contribution in [2.45, 2.75) is 54.5 Å². The molecule has 146 valence electrons. The van der Waals surface area contributed by atoms with Crippen molar-refractivity contribution in [3.8, 4) is 0 Å². The second-order valence-corrected chi connectivity index (χ2v) is 8.47. The second-order valence-electron chi connectivity index (χ2n) is 8.47. The van der Waals surface area contributed by atoms with E-state index in [0.29, 0.717) is 25.4 Å². The zero-order valence-corrected chi connectivity index (χ0v) is 17.6. The van der Waals surface area contributed by atoms with Crippen molar-refractivity contribution < 1.29 is 9.59 Å². The number of carbonyl (C=O) groups is 2. The van der Waals surface area contributed by atoms with Crippen LogP contribution >= 0.6 is 0 Å². The predicted molar refractivity (Wildman–Crippen MR) is 109 cm³/mol. The van der Waals surface area contributed by atoms with Gasteiger partial charge in [0.25, 0.3) is 0 Å². The summed E-state index contributed by atoms with van der Waals surface area (Å²) in [6.45, 7) is 13.2. The van der Waals surface area contributed by atoms with Crippen LogP contribution in [0, 0.1) is 11.3 Å². The van der Waals surface area contributed by atoms with E-state index in [2.05, 4.69) is 19.2 Å².